The highest BCUT2D eigenvalue weighted by Crippen LogP contribution is 2.33. The number of aryl methyl sites for hydroxylation is 1. The third-order valence-corrected chi connectivity index (χ3v) is 3.10. The van der Waals surface area contributed by atoms with Crippen LogP contribution in [0.2, 0.25) is 0 Å². The van der Waals surface area contributed by atoms with Crippen molar-refractivity contribution >= 4 is 0 Å². The van der Waals surface area contributed by atoms with Crippen LogP contribution in [0.5, 0.6) is 5.75 Å². The zero-order valence-corrected chi connectivity index (χ0v) is 9.73. The van der Waals surface area contributed by atoms with Gasteiger partial charge in [-0.15, -0.1) is 0 Å². The Morgan fingerprint density at radius 1 is 1.41 bits per heavy atom. The number of hydrogen-bond donors (Lipinski definition) is 2. The lowest BCUT2D eigenvalue weighted by atomic mass is 9.98. The van der Waals surface area contributed by atoms with E-state index in [4.69, 9.17) is 10.5 Å². The molecule has 3 rings (SSSR count). The van der Waals surface area contributed by atoms with E-state index < -0.39 is 0 Å². The second-order valence-electron chi connectivity index (χ2n) is 4.43. The Morgan fingerprint density at radius 2 is 2.29 bits per heavy atom. The highest BCUT2D eigenvalue weighted by atomic mass is 16.5. The van der Waals surface area contributed by atoms with Gasteiger partial charge < -0.3 is 10.5 Å². The van der Waals surface area contributed by atoms with Gasteiger partial charge in [-0.2, -0.15) is 5.10 Å². The average Bonchev–Trinajstić information content (AvgIpc) is 2.76. The van der Waals surface area contributed by atoms with Gasteiger partial charge in [0.15, 0.2) is 0 Å². The molecule has 1 aromatic heterocycles. The topological polar surface area (TPSA) is 63.9 Å². The zero-order chi connectivity index (χ0) is 11.8. The summed E-state index contributed by atoms with van der Waals surface area (Å²) < 4.78 is 5.58. The fourth-order valence-electron chi connectivity index (χ4n) is 2.15. The SMILES string of the molecule is Cc1cc(-c2ccc3c(c2)[C@@H](N)CCO3)n[nH]1. The first kappa shape index (κ1) is 10.4. The first-order chi connectivity index (χ1) is 8.24. The van der Waals surface area contributed by atoms with E-state index in [0.717, 1.165) is 34.7 Å². The first-order valence-electron chi connectivity index (χ1n) is 5.79. The number of aromatic nitrogens is 2. The predicted octanol–water partition coefficient (Wildman–Crippen LogP) is 2.17. The molecule has 4 nitrogen and oxygen atoms in total. The van der Waals surface area contributed by atoms with Gasteiger partial charge >= 0.3 is 0 Å². The van der Waals surface area contributed by atoms with Crippen LogP contribution in [-0.2, 0) is 0 Å². The minimum atomic E-state index is 0.0683. The number of hydrogen-bond acceptors (Lipinski definition) is 3. The van der Waals surface area contributed by atoms with Gasteiger partial charge in [0.25, 0.3) is 0 Å². The Labute approximate surface area is 99.8 Å². The summed E-state index contributed by atoms with van der Waals surface area (Å²) in [5.74, 6) is 0.903. The van der Waals surface area contributed by atoms with Crippen molar-refractivity contribution in [3.8, 4) is 17.0 Å². The molecule has 0 fully saturated rings. The van der Waals surface area contributed by atoms with E-state index in [-0.39, 0.29) is 6.04 Å². The van der Waals surface area contributed by atoms with Gasteiger partial charge in [0.05, 0.1) is 12.3 Å². The number of fused-ring (bicyclic) bond motifs is 1. The van der Waals surface area contributed by atoms with E-state index in [1.165, 1.54) is 0 Å². The third-order valence-electron chi connectivity index (χ3n) is 3.10. The van der Waals surface area contributed by atoms with Crippen molar-refractivity contribution in [3.05, 3.63) is 35.5 Å². The molecule has 1 aliphatic heterocycles. The van der Waals surface area contributed by atoms with Crippen LogP contribution in [0.4, 0.5) is 0 Å². The molecule has 0 aliphatic carbocycles. The number of ether oxygens (including phenoxy) is 1. The number of benzene rings is 1. The highest BCUT2D eigenvalue weighted by Gasteiger charge is 2.18. The molecule has 1 atom stereocenters. The molecule has 2 heterocycles. The summed E-state index contributed by atoms with van der Waals surface area (Å²) >= 11 is 0. The van der Waals surface area contributed by atoms with Crippen LogP contribution in [0, 0.1) is 6.92 Å². The molecule has 88 valence electrons. The maximum absolute atomic E-state index is 6.09. The molecule has 0 amide bonds. The molecule has 17 heavy (non-hydrogen) atoms. The molecule has 1 aromatic carbocycles. The summed E-state index contributed by atoms with van der Waals surface area (Å²) in [4.78, 5) is 0. The zero-order valence-electron chi connectivity index (χ0n) is 9.73. The summed E-state index contributed by atoms with van der Waals surface area (Å²) in [6.45, 7) is 2.69. The normalized spacial score (nSPS) is 18.6. The summed E-state index contributed by atoms with van der Waals surface area (Å²) in [7, 11) is 0. The molecule has 1 aliphatic rings. The van der Waals surface area contributed by atoms with Crippen molar-refractivity contribution in [1.29, 1.82) is 0 Å². The monoisotopic (exact) mass is 229 g/mol. The molecule has 0 saturated heterocycles. The van der Waals surface area contributed by atoms with E-state index in [1.807, 2.05) is 25.1 Å². The maximum Gasteiger partial charge on any atom is 0.124 e. The summed E-state index contributed by atoms with van der Waals surface area (Å²) in [5, 5.41) is 7.20. The van der Waals surface area contributed by atoms with Crippen LogP contribution >= 0.6 is 0 Å². The largest absolute Gasteiger partial charge is 0.493 e. The highest BCUT2D eigenvalue weighted by molar-refractivity contribution is 5.62. The van der Waals surface area contributed by atoms with E-state index in [2.05, 4.69) is 16.3 Å². The van der Waals surface area contributed by atoms with Gasteiger partial charge in [0.2, 0.25) is 0 Å². The van der Waals surface area contributed by atoms with Crippen molar-refractivity contribution in [3.63, 3.8) is 0 Å². The summed E-state index contributed by atoms with van der Waals surface area (Å²) in [5.41, 5.74) is 10.2. The fourth-order valence-corrected chi connectivity index (χ4v) is 2.15. The molecular weight excluding hydrogens is 214 g/mol. The Hall–Kier alpha value is -1.81. The predicted molar refractivity (Wildman–Crippen MR) is 65.8 cm³/mol. The van der Waals surface area contributed by atoms with E-state index in [1.54, 1.807) is 0 Å². The molecule has 0 radical (unpaired) electrons. The number of nitrogens with two attached hydrogens (primary N) is 1. The summed E-state index contributed by atoms with van der Waals surface area (Å²) in [6.07, 6.45) is 0.871. The van der Waals surface area contributed by atoms with Crippen LogP contribution in [-0.4, -0.2) is 16.8 Å². The second-order valence-corrected chi connectivity index (χ2v) is 4.43. The molecule has 0 bridgehead atoms. The Kier molecular flexibility index (Phi) is 2.37. The lowest BCUT2D eigenvalue weighted by Crippen LogP contribution is -2.20. The minimum Gasteiger partial charge on any atom is -0.493 e. The van der Waals surface area contributed by atoms with Gasteiger partial charge in [0.1, 0.15) is 5.75 Å². The molecule has 2 aromatic rings. The lowest BCUT2D eigenvalue weighted by Gasteiger charge is -2.23. The summed E-state index contributed by atoms with van der Waals surface area (Å²) in [6, 6.07) is 8.17. The van der Waals surface area contributed by atoms with Crippen LogP contribution in [0.25, 0.3) is 11.3 Å². The number of nitrogens with one attached hydrogen (secondary N) is 1. The van der Waals surface area contributed by atoms with Crippen molar-refractivity contribution < 1.29 is 4.74 Å². The first-order valence-corrected chi connectivity index (χ1v) is 5.79. The Bertz CT molecular complexity index is 547. The lowest BCUT2D eigenvalue weighted by molar-refractivity contribution is 0.269. The van der Waals surface area contributed by atoms with Gasteiger partial charge in [-0.05, 0) is 31.2 Å². The van der Waals surface area contributed by atoms with Crippen molar-refractivity contribution in [2.75, 3.05) is 6.61 Å². The third kappa shape index (κ3) is 1.80. The van der Waals surface area contributed by atoms with Crippen LogP contribution in [0.1, 0.15) is 23.7 Å². The van der Waals surface area contributed by atoms with Crippen molar-refractivity contribution in [2.45, 2.75) is 19.4 Å². The van der Waals surface area contributed by atoms with Gasteiger partial charge in [0, 0.05) is 29.3 Å². The van der Waals surface area contributed by atoms with Crippen LogP contribution < -0.4 is 10.5 Å². The molecule has 0 unspecified atom stereocenters. The van der Waals surface area contributed by atoms with E-state index >= 15 is 0 Å². The quantitative estimate of drug-likeness (QED) is 0.787. The molecule has 3 N–H and O–H groups in total. The van der Waals surface area contributed by atoms with Gasteiger partial charge in [-0.3, -0.25) is 5.10 Å². The minimum absolute atomic E-state index is 0.0683. The number of rotatable bonds is 1. The van der Waals surface area contributed by atoms with Crippen LogP contribution in [0.3, 0.4) is 0 Å². The van der Waals surface area contributed by atoms with E-state index in [0.29, 0.717) is 6.61 Å². The molecular formula is C13H15N3O. The molecule has 0 saturated carbocycles. The fraction of sp³-hybridized carbons (Fsp3) is 0.308. The maximum atomic E-state index is 6.09. The van der Waals surface area contributed by atoms with E-state index in [9.17, 15) is 0 Å². The van der Waals surface area contributed by atoms with Gasteiger partial charge in [-0.1, -0.05) is 0 Å². The Balaban J connectivity index is 2.05. The van der Waals surface area contributed by atoms with Crippen LogP contribution in [0.15, 0.2) is 24.3 Å². The molecule has 4 heteroatoms. The Morgan fingerprint density at radius 3 is 3.06 bits per heavy atom. The molecule has 0 spiro atoms. The second kappa shape index (κ2) is 3.89. The van der Waals surface area contributed by atoms with Crippen molar-refractivity contribution in [2.24, 2.45) is 5.73 Å². The van der Waals surface area contributed by atoms with Gasteiger partial charge in [-0.25, -0.2) is 0 Å². The number of H-pyrrole nitrogens is 1. The standard InChI is InChI=1S/C13H15N3O/c1-8-6-12(16-15-8)9-2-3-13-10(7-9)11(14)4-5-17-13/h2-3,6-7,11H,4-5,14H2,1H3,(H,15,16)/t11-/m0/s1. The average molecular weight is 229 g/mol. The smallest absolute Gasteiger partial charge is 0.124 e. The number of nitrogens with zero attached hydrogens (tertiary/aromatic N) is 1. The van der Waals surface area contributed by atoms with Crippen molar-refractivity contribution in [1.82, 2.24) is 10.2 Å². The number of aromatic amines is 1.